The van der Waals surface area contributed by atoms with E-state index < -0.39 is 17.5 Å². The molecule has 2 heterocycles. The average molecular weight is 398 g/mol. The fourth-order valence-electron chi connectivity index (χ4n) is 3.43. The third kappa shape index (κ3) is 3.78. The maximum atomic E-state index is 13.9. The molecule has 1 aliphatic rings. The highest BCUT2D eigenvalue weighted by Crippen LogP contribution is 2.23. The van der Waals surface area contributed by atoms with Crippen LogP contribution in [0.15, 0.2) is 54.9 Å². The molecule has 1 saturated heterocycles. The van der Waals surface area contributed by atoms with Crippen molar-refractivity contribution in [1.29, 1.82) is 0 Å². The molecule has 1 fully saturated rings. The summed E-state index contributed by atoms with van der Waals surface area (Å²) in [5, 5.41) is 0. The molecule has 0 atom stereocenters. The van der Waals surface area contributed by atoms with Crippen molar-refractivity contribution in [2.45, 2.75) is 0 Å². The lowest BCUT2D eigenvalue weighted by atomic mass is 10.1. The summed E-state index contributed by atoms with van der Waals surface area (Å²) in [6.45, 7) is 1.94. The van der Waals surface area contributed by atoms with E-state index >= 15 is 0 Å². The van der Waals surface area contributed by atoms with Crippen LogP contribution in [-0.4, -0.2) is 53.6 Å². The summed E-state index contributed by atoms with van der Waals surface area (Å²) in [5.41, 5.74) is 0.807. The third-order valence-electron chi connectivity index (χ3n) is 4.96. The first-order chi connectivity index (χ1) is 14.1. The molecule has 4 rings (SSSR count). The lowest BCUT2D eigenvalue weighted by molar-refractivity contribution is 0.0741. The van der Waals surface area contributed by atoms with Gasteiger partial charge in [-0.25, -0.2) is 13.8 Å². The molecule has 0 radical (unpaired) electrons. The molecule has 150 valence electrons. The van der Waals surface area contributed by atoms with Crippen LogP contribution < -0.4 is 9.64 Å². The van der Waals surface area contributed by atoms with Crippen LogP contribution in [-0.2, 0) is 0 Å². The number of hydrogen-bond donors (Lipinski definition) is 0. The summed E-state index contributed by atoms with van der Waals surface area (Å²) in [6, 6.07) is 10.7. The van der Waals surface area contributed by atoms with Crippen LogP contribution in [0.25, 0.3) is 5.69 Å². The normalized spacial score (nSPS) is 14.2. The topological polar surface area (TPSA) is 50.6 Å². The van der Waals surface area contributed by atoms with Gasteiger partial charge in [0.05, 0.1) is 18.4 Å². The summed E-state index contributed by atoms with van der Waals surface area (Å²) >= 11 is 0. The fraction of sp³-hybridized carbons (Fsp3) is 0.238. The summed E-state index contributed by atoms with van der Waals surface area (Å²) in [5.74, 6) is -0.463. The van der Waals surface area contributed by atoms with Gasteiger partial charge in [0.25, 0.3) is 5.91 Å². The highest BCUT2D eigenvalue weighted by Gasteiger charge is 2.26. The van der Waals surface area contributed by atoms with Gasteiger partial charge in [0.1, 0.15) is 17.4 Å². The number of hydrogen-bond acceptors (Lipinski definition) is 4. The van der Waals surface area contributed by atoms with E-state index in [0.717, 1.165) is 29.5 Å². The first-order valence-electron chi connectivity index (χ1n) is 9.24. The van der Waals surface area contributed by atoms with Crippen molar-refractivity contribution < 1.29 is 18.3 Å². The van der Waals surface area contributed by atoms with Crippen LogP contribution in [0.3, 0.4) is 0 Å². The Bertz CT molecular complexity index is 1030. The van der Waals surface area contributed by atoms with E-state index in [2.05, 4.69) is 9.88 Å². The van der Waals surface area contributed by atoms with Crippen LogP contribution >= 0.6 is 0 Å². The van der Waals surface area contributed by atoms with E-state index in [-0.39, 0.29) is 5.56 Å². The minimum absolute atomic E-state index is 0.113. The van der Waals surface area contributed by atoms with E-state index in [1.807, 2.05) is 35.0 Å². The number of methoxy groups -OCH3 is 1. The third-order valence-corrected chi connectivity index (χ3v) is 4.96. The van der Waals surface area contributed by atoms with Crippen molar-refractivity contribution in [3.05, 3.63) is 72.1 Å². The van der Waals surface area contributed by atoms with Crippen LogP contribution in [0.1, 0.15) is 10.4 Å². The Morgan fingerprint density at radius 3 is 2.59 bits per heavy atom. The number of carbonyl (C=O) groups is 1. The molecule has 29 heavy (non-hydrogen) atoms. The van der Waals surface area contributed by atoms with E-state index in [1.54, 1.807) is 18.2 Å². The van der Waals surface area contributed by atoms with Crippen molar-refractivity contribution in [2.24, 2.45) is 0 Å². The van der Waals surface area contributed by atoms with Crippen LogP contribution in [0.2, 0.25) is 0 Å². The summed E-state index contributed by atoms with van der Waals surface area (Å²) in [4.78, 5) is 20.7. The second-order valence-electron chi connectivity index (χ2n) is 6.70. The molecular formula is C21H20F2N4O2. The molecule has 6 nitrogen and oxygen atoms in total. The van der Waals surface area contributed by atoms with Crippen LogP contribution in [0.5, 0.6) is 5.75 Å². The number of piperazine rings is 1. The Morgan fingerprint density at radius 1 is 1.07 bits per heavy atom. The lowest BCUT2D eigenvalue weighted by Gasteiger charge is -2.35. The van der Waals surface area contributed by atoms with Crippen molar-refractivity contribution in [1.82, 2.24) is 14.5 Å². The number of rotatable bonds is 4. The van der Waals surface area contributed by atoms with Crippen LogP contribution in [0, 0.1) is 11.6 Å². The maximum Gasteiger partial charge on any atom is 0.256 e. The fourth-order valence-corrected chi connectivity index (χ4v) is 3.43. The molecule has 1 amide bonds. The first kappa shape index (κ1) is 18.9. The molecule has 0 saturated carbocycles. The molecule has 0 N–H and O–H groups in total. The van der Waals surface area contributed by atoms with Gasteiger partial charge in [0.15, 0.2) is 0 Å². The number of nitrogens with zero attached hydrogens (tertiary/aromatic N) is 4. The number of amides is 1. The minimum atomic E-state index is -0.842. The zero-order chi connectivity index (χ0) is 20.4. The van der Waals surface area contributed by atoms with Gasteiger partial charge in [-0.2, -0.15) is 0 Å². The molecule has 2 aromatic carbocycles. The standard InChI is InChI=1S/C21H20F2N4O2/c1-29-17-4-2-3-16(14-17)27-8-7-24-21(27)26-11-9-25(10-12-26)20(28)18-6-5-15(22)13-19(18)23/h2-8,13-14H,9-12H2,1H3. The molecule has 1 aliphatic heterocycles. The van der Waals surface area contributed by atoms with Gasteiger partial charge in [-0.15, -0.1) is 0 Å². The predicted molar refractivity (Wildman–Crippen MR) is 105 cm³/mol. The number of ether oxygens (including phenoxy) is 1. The van der Waals surface area contributed by atoms with Gasteiger partial charge in [-0.3, -0.25) is 9.36 Å². The van der Waals surface area contributed by atoms with E-state index in [9.17, 15) is 13.6 Å². The lowest BCUT2D eigenvalue weighted by Crippen LogP contribution is -2.49. The molecule has 0 bridgehead atoms. The zero-order valence-electron chi connectivity index (χ0n) is 15.9. The molecule has 3 aromatic rings. The van der Waals surface area contributed by atoms with Crippen molar-refractivity contribution in [2.75, 3.05) is 38.2 Å². The Morgan fingerprint density at radius 2 is 1.86 bits per heavy atom. The molecule has 1 aromatic heterocycles. The van der Waals surface area contributed by atoms with E-state index in [0.29, 0.717) is 26.2 Å². The first-order valence-corrected chi connectivity index (χ1v) is 9.24. The second-order valence-corrected chi connectivity index (χ2v) is 6.70. The Kier molecular flexibility index (Phi) is 5.16. The van der Waals surface area contributed by atoms with Crippen molar-refractivity contribution in [3.8, 4) is 11.4 Å². The number of aromatic nitrogens is 2. The summed E-state index contributed by atoms with van der Waals surface area (Å²) in [6.07, 6.45) is 3.59. The van der Waals surface area contributed by atoms with E-state index in [1.165, 1.54) is 6.07 Å². The maximum absolute atomic E-state index is 13.9. The predicted octanol–water partition coefficient (Wildman–Crippen LogP) is 3.12. The largest absolute Gasteiger partial charge is 0.497 e. The average Bonchev–Trinajstić information content (AvgIpc) is 3.23. The van der Waals surface area contributed by atoms with Gasteiger partial charge in [0, 0.05) is 50.7 Å². The van der Waals surface area contributed by atoms with Gasteiger partial charge in [-0.05, 0) is 24.3 Å². The number of anilines is 1. The SMILES string of the molecule is COc1cccc(-n2ccnc2N2CCN(C(=O)c3ccc(F)cc3F)CC2)c1. The molecule has 0 unspecified atom stereocenters. The van der Waals surface area contributed by atoms with Gasteiger partial charge in [-0.1, -0.05) is 6.07 Å². The smallest absolute Gasteiger partial charge is 0.256 e. The summed E-state index contributed by atoms with van der Waals surface area (Å²) in [7, 11) is 1.62. The van der Waals surface area contributed by atoms with Crippen molar-refractivity contribution in [3.63, 3.8) is 0 Å². The monoisotopic (exact) mass is 398 g/mol. The van der Waals surface area contributed by atoms with Gasteiger partial charge < -0.3 is 14.5 Å². The summed E-state index contributed by atoms with van der Waals surface area (Å²) < 4.78 is 34.3. The van der Waals surface area contributed by atoms with Crippen molar-refractivity contribution >= 4 is 11.9 Å². The van der Waals surface area contributed by atoms with Gasteiger partial charge in [0.2, 0.25) is 5.95 Å². The Hall–Kier alpha value is -3.42. The van der Waals surface area contributed by atoms with Gasteiger partial charge >= 0.3 is 0 Å². The number of carbonyl (C=O) groups excluding carboxylic acids is 1. The molecule has 0 spiro atoms. The Labute approximate surface area is 166 Å². The zero-order valence-corrected chi connectivity index (χ0v) is 15.9. The minimum Gasteiger partial charge on any atom is -0.497 e. The van der Waals surface area contributed by atoms with Crippen LogP contribution in [0.4, 0.5) is 14.7 Å². The molecule has 8 heteroatoms. The number of benzene rings is 2. The second kappa shape index (κ2) is 7.90. The Balaban J connectivity index is 1.48. The molecule has 0 aliphatic carbocycles. The number of halogens is 2. The quantitative estimate of drug-likeness (QED) is 0.678. The highest BCUT2D eigenvalue weighted by atomic mass is 19.1. The molecular weight excluding hydrogens is 378 g/mol. The highest BCUT2D eigenvalue weighted by molar-refractivity contribution is 5.94. The van der Waals surface area contributed by atoms with E-state index in [4.69, 9.17) is 4.74 Å². The number of imidazole rings is 1.